The van der Waals surface area contributed by atoms with Crippen molar-refractivity contribution in [3.8, 4) is 6.07 Å². The van der Waals surface area contributed by atoms with Gasteiger partial charge < -0.3 is 11.1 Å². The average molecular weight is 265 g/mol. The van der Waals surface area contributed by atoms with Crippen LogP contribution in [0, 0.1) is 18.3 Å². The van der Waals surface area contributed by atoms with E-state index in [1.165, 1.54) is 0 Å². The molecule has 0 fully saturated rings. The van der Waals surface area contributed by atoms with Gasteiger partial charge in [0.1, 0.15) is 6.07 Å². The predicted octanol–water partition coefficient (Wildman–Crippen LogP) is 2.58. The molecule has 0 aliphatic carbocycles. The maximum Gasteiger partial charge on any atom is 0.248 e. The van der Waals surface area contributed by atoms with E-state index in [1.807, 2.05) is 37.3 Å². The molecule has 0 heterocycles. The number of nitriles is 1. The van der Waals surface area contributed by atoms with Gasteiger partial charge in [-0.3, -0.25) is 4.79 Å². The molecule has 0 aliphatic rings. The van der Waals surface area contributed by atoms with Crippen LogP contribution in [0.2, 0.25) is 0 Å². The summed E-state index contributed by atoms with van der Waals surface area (Å²) in [5, 5.41) is 12.4. The number of carbonyl (C=O) groups is 1. The van der Waals surface area contributed by atoms with Crippen molar-refractivity contribution in [3.63, 3.8) is 0 Å². The third kappa shape index (κ3) is 2.96. The molecular formula is C16H15N3O. The van der Waals surface area contributed by atoms with E-state index in [0.717, 1.165) is 16.8 Å². The number of anilines is 1. The number of primary amides is 1. The lowest BCUT2D eigenvalue weighted by Gasteiger charge is -2.10. The Morgan fingerprint density at radius 2 is 1.95 bits per heavy atom. The largest absolute Gasteiger partial charge is 0.380 e. The van der Waals surface area contributed by atoms with Gasteiger partial charge in [0.05, 0.1) is 11.3 Å². The Morgan fingerprint density at radius 1 is 1.25 bits per heavy atom. The summed E-state index contributed by atoms with van der Waals surface area (Å²) in [7, 11) is 0. The molecule has 20 heavy (non-hydrogen) atoms. The van der Waals surface area contributed by atoms with Crippen molar-refractivity contribution >= 4 is 11.6 Å². The molecule has 0 aromatic heterocycles. The molecule has 0 saturated carbocycles. The zero-order valence-electron chi connectivity index (χ0n) is 11.2. The Bertz CT molecular complexity index is 669. The fourth-order valence-electron chi connectivity index (χ4n) is 1.95. The van der Waals surface area contributed by atoms with E-state index in [0.29, 0.717) is 17.7 Å². The van der Waals surface area contributed by atoms with Gasteiger partial charge in [0.25, 0.3) is 0 Å². The number of rotatable bonds is 4. The molecule has 4 nitrogen and oxygen atoms in total. The van der Waals surface area contributed by atoms with E-state index in [2.05, 4.69) is 11.4 Å². The summed E-state index contributed by atoms with van der Waals surface area (Å²) in [5.41, 5.74) is 9.11. The first kappa shape index (κ1) is 13.6. The predicted molar refractivity (Wildman–Crippen MR) is 78.2 cm³/mol. The van der Waals surface area contributed by atoms with Gasteiger partial charge in [-0.25, -0.2) is 0 Å². The zero-order valence-corrected chi connectivity index (χ0v) is 11.2. The highest BCUT2D eigenvalue weighted by Gasteiger charge is 2.05. The van der Waals surface area contributed by atoms with Gasteiger partial charge in [-0.2, -0.15) is 5.26 Å². The Hall–Kier alpha value is -2.80. The molecule has 2 rings (SSSR count). The van der Waals surface area contributed by atoms with Crippen molar-refractivity contribution in [2.75, 3.05) is 5.32 Å². The molecule has 0 atom stereocenters. The first-order valence-electron chi connectivity index (χ1n) is 6.24. The second-order valence-electron chi connectivity index (χ2n) is 4.52. The Morgan fingerprint density at radius 3 is 2.55 bits per heavy atom. The smallest absolute Gasteiger partial charge is 0.248 e. The van der Waals surface area contributed by atoms with Gasteiger partial charge in [0.2, 0.25) is 5.91 Å². The minimum Gasteiger partial charge on any atom is -0.380 e. The Labute approximate surface area is 117 Å². The molecule has 3 N–H and O–H groups in total. The van der Waals surface area contributed by atoms with Gasteiger partial charge in [-0.05, 0) is 36.2 Å². The molecule has 1 amide bonds. The van der Waals surface area contributed by atoms with E-state index in [9.17, 15) is 4.79 Å². The zero-order chi connectivity index (χ0) is 14.5. The van der Waals surface area contributed by atoms with E-state index in [1.54, 1.807) is 12.1 Å². The van der Waals surface area contributed by atoms with Crippen LogP contribution in [0.25, 0.3) is 0 Å². The first-order chi connectivity index (χ1) is 9.61. The highest BCUT2D eigenvalue weighted by Crippen LogP contribution is 2.19. The summed E-state index contributed by atoms with van der Waals surface area (Å²) in [6.45, 7) is 2.49. The molecule has 0 bridgehead atoms. The van der Waals surface area contributed by atoms with E-state index >= 15 is 0 Å². The van der Waals surface area contributed by atoms with Gasteiger partial charge in [0.15, 0.2) is 0 Å². The number of carbonyl (C=O) groups excluding carboxylic acids is 1. The second-order valence-corrected chi connectivity index (χ2v) is 4.52. The molecule has 0 unspecified atom stereocenters. The van der Waals surface area contributed by atoms with Gasteiger partial charge in [-0.15, -0.1) is 0 Å². The highest BCUT2D eigenvalue weighted by molar-refractivity contribution is 5.92. The maximum atomic E-state index is 11.0. The van der Waals surface area contributed by atoms with Crippen LogP contribution in [0.4, 0.5) is 5.69 Å². The standard InChI is InChI=1S/C16H15N3O/c1-11-3-2-4-15(14(11)9-17)19-10-12-5-7-13(8-6-12)16(18)20/h2-8,19H,10H2,1H3,(H2,18,20). The van der Waals surface area contributed by atoms with E-state index < -0.39 is 5.91 Å². The van der Waals surface area contributed by atoms with Crippen molar-refractivity contribution in [1.82, 2.24) is 0 Å². The minimum atomic E-state index is -0.435. The third-order valence-electron chi connectivity index (χ3n) is 3.11. The number of nitrogens with two attached hydrogens (primary N) is 1. The van der Waals surface area contributed by atoms with Gasteiger partial charge in [0, 0.05) is 12.1 Å². The number of nitrogens with zero attached hydrogens (tertiary/aromatic N) is 1. The normalized spacial score (nSPS) is 9.80. The first-order valence-corrected chi connectivity index (χ1v) is 6.24. The van der Waals surface area contributed by atoms with Crippen LogP contribution < -0.4 is 11.1 Å². The minimum absolute atomic E-state index is 0.435. The number of hydrogen-bond donors (Lipinski definition) is 2. The van der Waals surface area contributed by atoms with E-state index in [4.69, 9.17) is 11.0 Å². The van der Waals surface area contributed by atoms with Crippen LogP contribution in [0.5, 0.6) is 0 Å². The van der Waals surface area contributed by atoms with Crippen LogP contribution >= 0.6 is 0 Å². The third-order valence-corrected chi connectivity index (χ3v) is 3.11. The molecule has 2 aromatic rings. The van der Waals surface area contributed by atoms with Crippen molar-refractivity contribution in [2.24, 2.45) is 5.73 Å². The molecule has 100 valence electrons. The highest BCUT2D eigenvalue weighted by atomic mass is 16.1. The number of hydrogen-bond acceptors (Lipinski definition) is 3. The van der Waals surface area contributed by atoms with Crippen molar-refractivity contribution < 1.29 is 4.79 Å². The summed E-state index contributed by atoms with van der Waals surface area (Å²) in [5.74, 6) is -0.435. The van der Waals surface area contributed by atoms with Crippen molar-refractivity contribution in [2.45, 2.75) is 13.5 Å². The number of benzene rings is 2. The molecular weight excluding hydrogens is 250 g/mol. The fourth-order valence-corrected chi connectivity index (χ4v) is 1.95. The SMILES string of the molecule is Cc1cccc(NCc2ccc(C(N)=O)cc2)c1C#N. The summed E-state index contributed by atoms with van der Waals surface area (Å²) < 4.78 is 0. The van der Waals surface area contributed by atoms with E-state index in [-0.39, 0.29) is 0 Å². The molecule has 0 spiro atoms. The average Bonchev–Trinajstić information content (AvgIpc) is 2.45. The van der Waals surface area contributed by atoms with Gasteiger partial charge >= 0.3 is 0 Å². The summed E-state index contributed by atoms with van der Waals surface area (Å²) in [4.78, 5) is 11.0. The molecule has 0 radical (unpaired) electrons. The fraction of sp³-hybridized carbons (Fsp3) is 0.125. The van der Waals surface area contributed by atoms with Crippen LogP contribution in [0.3, 0.4) is 0 Å². The van der Waals surface area contributed by atoms with Crippen molar-refractivity contribution in [1.29, 1.82) is 5.26 Å². The summed E-state index contributed by atoms with van der Waals surface area (Å²) >= 11 is 0. The van der Waals surface area contributed by atoms with Crippen molar-refractivity contribution in [3.05, 3.63) is 64.7 Å². The molecule has 4 heteroatoms. The quantitative estimate of drug-likeness (QED) is 0.891. The van der Waals surface area contributed by atoms with Crippen LogP contribution in [-0.4, -0.2) is 5.91 Å². The number of nitrogens with one attached hydrogen (secondary N) is 1. The topological polar surface area (TPSA) is 78.9 Å². The monoisotopic (exact) mass is 265 g/mol. The molecule has 0 aliphatic heterocycles. The van der Waals surface area contributed by atoms with Gasteiger partial charge in [-0.1, -0.05) is 24.3 Å². The number of aryl methyl sites for hydroxylation is 1. The van der Waals surface area contributed by atoms with Crippen LogP contribution in [0.1, 0.15) is 27.0 Å². The molecule has 2 aromatic carbocycles. The van der Waals surface area contributed by atoms with Crippen LogP contribution in [0.15, 0.2) is 42.5 Å². The Kier molecular flexibility index (Phi) is 4.02. The maximum absolute atomic E-state index is 11.0. The second kappa shape index (κ2) is 5.89. The lowest BCUT2D eigenvalue weighted by atomic mass is 10.1. The summed E-state index contributed by atoms with van der Waals surface area (Å²) in [6, 6.07) is 15.0. The lowest BCUT2D eigenvalue weighted by Crippen LogP contribution is -2.10. The molecule has 0 saturated heterocycles. The number of amides is 1. The summed E-state index contributed by atoms with van der Waals surface area (Å²) in [6.07, 6.45) is 0. The lowest BCUT2D eigenvalue weighted by molar-refractivity contribution is 0.100. The van der Waals surface area contributed by atoms with Crippen LogP contribution in [-0.2, 0) is 6.54 Å². The Balaban J connectivity index is 2.11.